The molecule has 1 heterocycles. The van der Waals surface area contributed by atoms with Gasteiger partial charge in [-0.1, -0.05) is 54.1 Å². The molecule has 0 spiro atoms. The van der Waals surface area contributed by atoms with E-state index in [1.165, 1.54) is 10.9 Å². The molecule has 0 aliphatic heterocycles. The second-order valence-electron chi connectivity index (χ2n) is 6.80. The highest BCUT2D eigenvalue weighted by molar-refractivity contribution is 6.31. The third kappa shape index (κ3) is 4.88. The standard InChI is InChI=1S/C24H21ClN4O/c25-19-8-6-7-17(15-19)23(30)29-24(28-20-9-2-1-3-10-20)26-14-13-18-16-27-22-12-5-4-11-21(18)22/h1-12,15-16,27H,13-14H2,(H2,26,28,29,30). The molecule has 3 N–H and O–H groups in total. The van der Waals surface area contributed by atoms with Crippen LogP contribution in [0.5, 0.6) is 0 Å². The van der Waals surface area contributed by atoms with E-state index in [1.807, 2.05) is 48.7 Å². The van der Waals surface area contributed by atoms with Gasteiger partial charge in [0.1, 0.15) is 0 Å². The Hall–Kier alpha value is -3.57. The summed E-state index contributed by atoms with van der Waals surface area (Å²) in [5.74, 6) is 0.123. The van der Waals surface area contributed by atoms with Crippen molar-refractivity contribution < 1.29 is 4.79 Å². The van der Waals surface area contributed by atoms with Gasteiger partial charge in [0.25, 0.3) is 5.91 Å². The number of aromatic nitrogens is 1. The number of hydrogen-bond acceptors (Lipinski definition) is 2. The molecular weight excluding hydrogens is 396 g/mol. The number of aliphatic imine (C=N–C) groups is 1. The zero-order valence-electron chi connectivity index (χ0n) is 16.2. The largest absolute Gasteiger partial charge is 0.361 e. The summed E-state index contributed by atoms with van der Waals surface area (Å²) in [5.41, 5.74) is 3.61. The Morgan fingerprint density at radius 2 is 1.77 bits per heavy atom. The van der Waals surface area contributed by atoms with Crippen molar-refractivity contribution in [2.24, 2.45) is 4.99 Å². The van der Waals surface area contributed by atoms with Gasteiger partial charge in [-0.15, -0.1) is 0 Å². The highest BCUT2D eigenvalue weighted by Gasteiger charge is 2.10. The predicted octanol–water partition coefficient (Wildman–Crippen LogP) is 5.26. The summed E-state index contributed by atoms with van der Waals surface area (Å²) in [6.45, 7) is 0.521. The van der Waals surface area contributed by atoms with Gasteiger partial charge in [0.15, 0.2) is 0 Å². The molecule has 1 aromatic heterocycles. The van der Waals surface area contributed by atoms with Crippen LogP contribution in [0.15, 0.2) is 90.1 Å². The van der Waals surface area contributed by atoms with Crippen LogP contribution in [0, 0.1) is 0 Å². The maximum atomic E-state index is 12.7. The monoisotopic (exact) mass is 416 g/mol. The summed E-state index contributed by atoms with van der Waals surface area (Å²) in [7, 11) is 0. The van der Waals surface area contributed by atoms with Crippen molar-refractivity contribution in [1.29, 1.82) is 0 Å². The van der Waals surface area contributed by atoms with E-state index in [9.17, 15) is 4.79 Å². The first-order valence-corrected chi connectivity index (χ1v) is 10.1. The molecule has 3 aromatic carbocycles. The molecule has 0 unspecified atom stereocenters. The van der Waals surface area contributed by atoms with E-state index >= 15 is 0 Å². The molecule has 0 radical (unpaired) electrons. The SMILES string of the molecule is O=C(NC(=NCCc1c[nH]c2ccccc12)Nc1ccccc1)c1cccc(Cl)c1. The van der Waals surface area contributed by atoms with Crippen molar-refractivity contribution in [3.05, 3.63) is 101 Å². The van der Waals surface area contributed by atoms with Gasteiger partial charge in [-0.25, -0.2) is 0 Å². The summed E-state index contributed by atoms with van der Waals surface area (Å²) < 4.78 is 0. The van der Waals surface area contributed by atoms with Crippen LogP contribution in [0.1, 0.15) is 15.9 Å². The van der Waals surface area contributed by atoms with Crippen molar-refractivity contribution in [1.82, 2.24) is 10.3 Å². The zero-order valence-corrected chi connectivity index (χ0v) is 17.0. The lowest BCUT2D eigenvalue weighted by molar-refractivity contribution is 0.0977. The number of nitrogens with one attached hydrogen (secondary N) is 3. The van der Waals surface area contributed by atoms with E-state index in [-0.39, 0.29) is 5.91 Å². The van der Waals surface area contributed by atoms with Crippen molar-refractivity contribution in [3.63, 3.8) is 0 Å². The Morgan fingerprint density at radius 3 is 2.60 bits per heavy atom. The lowest BCUT2D eigenvalue weighted by Gasteiger charge is -2.12. The number of halogens is 1. The van der Waals surface area contributed by atoms with Crippen LogP contribution in [0.25, 0.3) is 10.9 Å². The number of fused-ring (bicyclic) bond motifs is 1. The molecule has 0 atom stereocenters. The fraction of sp³-hybridized carbons (Fsp3) is 0.0833. The first-order valence-electron chi connectivity index (χ1n) is 9.67. The van der Waals surface area contributed by atoms with Crippen LogP contribution in [-0.4, -0.2) is 23.4 Å². The minimum atomic E-state index is -0.272. The minimum absolute atomic E-state index is 0.272. The Morgan fingerprint density at radius 1 is 0.967 bits per heavy atom. The lowest BCUT2D eigenvalue weighted by Crippen LogP contribution is -2.36. The number of benzene rings is 3. The number of rotatable bonds is 5. The van der Waals surface area contributed by atoms with E-state index < -0.39 is 0 Å². The molecule has 0 saturated carbocycles. The molecule has 5 nitrogen and oxygen atoms in total. The molecule has 30 heavy (non-hydrogen) atoms. The molecule has 0 fully saturated rings. The third-order valence-electron chi connectivity index (χ3n) is 4.68. The number of amides is 1. The van der Waals surface area contributed by atoms with Crippen molar-refractivity contribution in [2.45, 2.75) is 6.42 Å². The quantitative estimate of drug-likeness (QED) is 0.306. The molecule has 4 rings (SSSR count). The Balaban J connectivity index is 1.51. The molecule has 0 aliphatic rings. The third-order valence-corrected chi connectivity index (χ3v) is 4.92. The Bertz CT molecular complexity index is 1180. The topological polar surface area (TPSA) is 69.3 Å². The van der Waals surface area contributed by atoms with Gasteiger partial charge in [-0.3, -0.25) is 15.1 Å². The van der Waals surface area contributed by atoms with Gasteiger partial charge < -0.3 is 10.3 Å². The van der Waals surface area contributed by atoms with Gasteiger partial charge in [0.2, 0.25) is 5.96 Å². The van der Waals surface area contributed by atoms with Crippen LogP contribution in [-0.2, 0) is 6.42 Å². The van der Waals surface area contributed by atoms with Crippen LogP contribution in [0.3, 0.4) is 0 Å². The van der Waals surface area contributed by atoms with E-state index in [2.05, 4.69) is 32.7 Å². The lowest BCUT2D eigenvalue weighted by atomic mass is 10.1. The van der Waals surface area contributed by atoms with E-state index in [0.29, 0.717) is 23.1 Å². The van der Waals surface area contributed by atoms with Crippen LogP contribution in [0.4, 0.5) is 5.69 Å². The number of para-hydroxylation sites is 2. The molecule has 0 saturated heterocycles. The number of carbonyl (C=O) groups is 1. The summed E-state index contributed by atoms with van der Waals surface area (Å²) >= 11 is 6.01. The van der Waals surface area contributed by atoms with Crippen LogP contribution >= 0.6 is 11.6 Å². The fourth-order valence-electron chi connectivity index (χ4n) is 3.20. The maximum Gasteiger partial charge on any atom is 0.258 e. The number of anilines is 1. The second-order valence-corrected chi connectivity index (χ2v) is 7.23. The summed E-state index contributed by atoms with van der Waals surface area (Å²) in [6, 6.07) is 24.6. The van der Waals surface area contributed by atoms with Crippen LogP contribution in [0.2, 0.25) is 5.02 Å². The first kappa shape index (κ1) is 19.7. The average molecular weight is 417 g/mol. The number of H-pyrrole nitrogens is 1. The summed E-state index contributed by atoms with van der Waals surface area (Å²) in [5, 5.41) is 7.75. The number of nitrogens with zero attached hydrogens (tertiary/aromatic N) is 1. The number of hydrogen-bond donors (Lipinski definition) is 3. The van der Waals surface area contributed by atoms with Gasteiger partial charge in [0.05, 0.1) is 0 Å². The fourth-order valence-corrected chi connectivity index (χ4v) is 3.39. The normalized spacial score (nSPS) is 11.4. The van der Waals surface area contributed by atoms with E-state index in [1.54, 1.807) is 24.3 Å². The van der Waals surface area contributed by atoms with Gasteiger partial charge >= 0.3 is 0 Å². The minimum Gasteiger partial charge on any atom is -0.361 e. The molecule has 1 amide bonds. The smallest absolute Gasteiger partial charge is 0.258 e. The molecular formula is C24H21ClN4O. The molecule has 6 heteroatoms. The molecule has 0 aliphatic carbocycles. The zero-order chi connectivity index (χ0) is 20.8. The highest BCUT2D eigenvalue weighted by atomic mass is 35.5. The van der Waals surface area contributed by atoms with E-state index in [4.69, 9.17) is 11.6 Å². The molecule has 4 aromatic rings. The second kappa shape index (κ2) is 9.29. The summed E-state index contributed by atoms with van der Waals surface area (Å²) in [6.07, 6.45) is 2.76. The van der Waals surface area contributed by atoms with E-state index in [0.717, 1.165) is 17.6 Å². The van der Waals surface area contributed by atoms with Crippen molar-refractivity contribution >= 4 is 40.1 Å². The highest BCUT2D eigenvalue weighted by Crippen LogP contribution is 2.18. The van der Waals surface area contributed by atoms with Gasteiger partial charge in [-0.05, 0) is 48.4 Å². The van der Waals surface area contributed by atoms with Crippen molar-refractivity contribution in [3.8, 4) is 0 Å². The first-order chi connectivity index (χ1) is 14.7. The predicted molar refractivity (Wildman–Crippen MR) is 123 cm³/mol. The number of guanidine groups is 1. The van der Waals surface area contributed by atoms with Crippen molar-refractivity contribution in [2.75, 3.05) is 11.9 Å². The van der Waals surface area contributed by atoms with Crippen LogP contribution < -0.4 is 10.6 Å². The average Bonchev–Trinajstić information content (AvgIpc) is 3.17. The summed E-state index contributed by atoms with van der Waals surface area (Å²) in [4.78, 5) is 20.6. The maximum absolute atomic E-state index is 12.7. The molecule has 150 valence electrons. The molecule has 0 bridgehead atoms. The Labute approximate surface area is 179 Å². The number of aromatic amines is 1. The number of carbonyl (C=O) groups excluding carboxylic acids is 1. The van der Waals surface area contributed by atoms with Gasteiger partial charge in [0, 0.05) is 39.9 Å². The van der Waals surface area contributed by atoms with Gasteiger partial charge in [-0.2, -0.15) is 0 Å². The Kier molecular flexibility index (Phi) is 6.11.